The summed E-state index contributed by atoms with van der Waals surface area (Å²) in [5, 5.41) is 0. The summed E-state index contributed by atoms with van der Waals surface area (Å²) >= 11 is 2.17. The summed E-state index contributed by atoms with van der Waals surface area (Å²) in [4.78, 5) is 10.0. The minimum atomic E-state index is 0.445. The van der Waals surface area contributed by atoms with Gasteiger partial charge in [-0.2, -0.15) is 0 Å². The minimum absolute atomic E-state index is 0.445. The van der Waals surface area contributed by atoms with Crippen LogP contribution in [0.25, 0.3) is 0 Å². The van der Waals surface area contributed by atoms with Crippen molar-refractivity contribution in [3.05, 3.63) is 0 Å². The van der Waals surface area contributed by atoms with Gasteiger partial charge in [-0.1, -0.05) is 0 Å². The Bertz CT molecular complexity index is 72.1. The van der Waals surface area contributed by atoms with Crippen molar-refractivity contribution in [3.8, 4) is 0 Å². The van der Waals surface area contributed by atoms with Crippen molar-refractivity contribution in [3.63, 3.8) is 0 Å². The number of amides is 1. The van der Waals surface area contributed by atoms with Crippen LogP contribution in [-0.4, -0.2) is 29.5 Å². The molecule has 0 aromatic heterocycles. The van der Waals surface area contributed by atoms with Gasteiger partial charge in [0.2, 0.25) is 0 Å². The lowest BCUT2D eigenvalue weighted by molar-refractivity contribution is -0.786. The minimum Gasteiger partial charge on any atom is -0.260 e. The molecule has 0 aliphatic heterocycles. The normalized spacial score (nSPS) is 11.3. The third-order valence-corrected chi connectivity index (χ3v) is 2.35. The van der Waals surface area contributed by atoms with E-state index in [0.29, 0.717) is 4.48 Å². The molecule has 0 bridgehead atoms. The van der Waals surface area contributed by atoms with Gasteiger partial charge >= 0.3 is 6.41 Å². The molecule has 0 heterocycles. The summed E-state index contributed by atoms with van der Waals surface area (Å²) in [5.74, 6) is 0. The summed E-state index contributed by atoms with van der Waals surface area (Å²) in [6.45, 7) is 0. The van der Waals surface area contributed by atoms with Crippen LogP contribution in [0.15, 0.2) is 0 Å². The van der Waals surface area contributed by atoms with Gasteiger partial charge in [-0.25, -0.2) is 4.79 Å². The Balaban J connectivity index is 3.58. The standard InChI is InChI=1S/C4H9INO/c1-6(2,3-5)4-7/h4H,3H2,1-2H3/q+1. The molecule has 2 nitrogen and oxygen atoms in total. The second kappa shape index (κ2) is 2.61. The Kier molecular flexibility index (Phi) is 2.75. The highest BCUT2D eigenvalue weighted by Crippen LogP contribution is 1.94. The van der Waals surface area contributed by atoms with E-state index in [-0.39, 0.29) is 0 Å². The Hall–Kier alpha value is 0.360. The molecule has 0 atom stereocenters. The molecule has 0 spiro atoms. The number of nitrogens with zero attached hydrogens (tertiary/aromatic N) is 1. The van der Waals surface area contributed by atoms with E-state index < -0.39 is 0 Å². The van der Waals surface area contributed by atoms with Crippen LogP contribution in [0.1, 0.15) is 0 Å². The molecule has 0 aliphatic rings. The molecule has 7 heavy (non-hydrogen) atoms. The monoisotopic (exact) mass is 214 g/mol. The fraction of sp³-hybridized carbons (Fsp3) is 0.750. The maximum atomic E-state index is 10.0. The lowest BCUT2D eigenvalue weighted by atomic mass is 10.8. The second-order valence-corrected chi connectivity index (χ2v) is 2.69. The van der Waals surface area contributed by atoms with Gasteiger partial charge in [-0.3, -0.25) is 4.48 Å². The van der Waals surface area contributed by atoms with E-state index >= 15 is 0 Å². The van der Waals surface area contributed by atoms with Crippen molar-refractivity contribution in [2.75, 3.05) is 18.6 Å². The molecule has 0 fully saturated rings. The molecule has 0 aromatic carbocycles. The van der Waals surface area contributed by atoms with E-state index in [1.165, 1.54) is 0 Å². The molecule has 0 saturated heterocycles. The lowest BCUT2D eigenvalue weighted by Crippen LogP contribution is -2.35. The number of carbonyl (C=O) groups is 1. The SMILES string of the molecule is C[N+](C)(C=O)CI. The van der Waals surface area contributed by atoms with Crippen LogP contribution < -0.4 is 0 Å². The molecule has 0 aliphatic carbocycles. The van der Waals surface area contributed by atoms with Gasteiger partial charge in [-0.05, 0) is 22.6 Å². The van der Waals surface area contributed by atoms with Crippen molar-refractivity contribution in [1.29, 1.82) is 0 Å². The average Bonchev–Trinajstić information content (AvgIpc) is 1.68. The van der Waals surface area contributed by atoms with Gasteiger partial charge in [-0.15, -0.1) is 0 Å². The van der Waals surface area contributed by atoms with Crippen molar-refractivity contribution in [2.45, 2.75) is 0 Å². The maximum absolute atomic E-state index is 10.0. The highest BCUT2D eigenvalue weighted by atomic mass is 127. The van der Waals surface area contributed by atoms with Crippen LogP contribution in [0.5, 0.6) is 0 Å². The second-order valence-electron chi connectivity index (χ2n) is 2.00. The van der Waals surface area contributed by atoms with Crippen LogP contribution in [0.2, 0.25) is 0 Å². The molecule has 0 radical (unpaired) electrons. The van der Waals surface area contributed by atoms with Crippen molar-refractivity contribution in [1.82, 2.24) is 0 Å². The molecule has 42 valence electrons. The third-order valence-electron chi connectivity index (χ3n) is 0.593. The number of hydrogen-bond acceptors (Lipinski definition) is 1. The summed E-state index contributed by atoms with van der Waals surface area (Å²) in [6.07, 6.45) is 0.923. The summed E-state index contributed by atoms with van der Waals surface area (Å²) in [7, 11) is 3.72. The van der Waals surface area contributed by atoms with E-state index in [1.807, 2.05) is 14.1 Å². The molecule has 0 N–H and O–H groups in total. The van der Waals surface area contributed by atoms with E-state index in [4.69, 9.17) is 0 Å². The lowest BCUT2D eigenvalue weighted by Gasteiger charge is -2.16. The maximum Gasteiger partial charge on any atom is 0.301 e. The first kappa shape index (κ1) is 7.36. The summed E-state index contributed by atoms with van der Waals surface area (Å²) < 4.78 is 1.28. The molecular weight excluding hydrogens is 205 g/mol. The quantitative estimate of drug-likeness (QED) is 0.216. The van der Waals surface area contributed by atoms with Crippen LogP contribution >= 0.6 is 22.6 Å². The topological polar surface area (TPSA) is 17.1 Å². The largest absolute Gasteiger partial charge is 0.301 e. The fourth-order valence-electron chi connectivity index (χ4n) is 0.0282. The van der Waals surface area contributed by atoms with Gasteiger partial charge < -0.3 is 0 Å². The van der Waals surface area contributed by atoms with Gasteiger partial charge in [0.05, 0.1) is 14.1 Å². The van der Waals surface area contributed by atoms with E-state index in [9.17, 15) is 4.79 Å². The summed E-state index contributed by atoms with van der Waals surface area (Å²) in [6, 6.07) is 0. The zero-order chi connectivity index (χ0) is 5.91. The first-order valence-corrected chi connectivity index (χ1v) is 3.50. The van der Waals surface area contributed by atoms with Gasteiger partial charge in [0.1, 0.15) is 4.55 Å². The number of halogens is 1. The molecular formula is C4H9INO+. The number of carbonyl (C=O) groups excluding carboxylic acids is 1. The Morgan fingerprint density at radius 1 is 1.71 bits per heavy atom. The van der Waals surface area contributed by atoms with E-state index in [0.717, 1.165) is 11.0 Å². The summed E-state index contributed by atoms with van der Waals surface area (Å²) in [5.41, 5.74) is 0. The van der Waals surface area contributed by atoms with Gasteiger partial charge in [0.15, 0.2) is 0 Å². The van der Waals surface area contributed by atoms with Gasteiger partial charge in [0.25, 0.3) is 0 Å². The van der Waals surface area contributed by atoms with Crippen molar-refractivity contribution in [2.24, 2.45) is 0 Å². The predicted octanol–water partition coefficient (Wildman–Crippen LogP) is 0.612. The average molecular weight is 214 g/mol. The molecule has 0 saturated carbocycles. The third kappa shape index (κ3) is 2.99. The van der Waals surface area contributed by atoms with Crippen LogP contribution in [0, 0.1) is 0 Å². The first-order valence-electron chi connectivity index (χ1n) is 1.97. The number of quaternary nitrogens is 1. The number of alkyl halides is 1. The highest BCUT2D eigenvalue weighted by Gasteiger charge is 2.07. The van der Waals surface area contributed by atoms with Crippen LogP contribution in [-0.2, 0) is 4.79 Å². The zero-order valence-electron chi connectivity index (χ0n) is 4.52. The van der Waals surface area contributed by atoms with Crippen molar-refractivity contribution < 1.29 is 9.28 Å². The highest BCUT2D eigenvalue weighted by molar-refractivity contribution is 14.1. The Morgan fingerprint density at radius 2 is 2.14 bits per heavy atom. The zero-order valence-corrected chi connectivity index (χ0v) is 6.68. The molecule has 1 amide bonds. The molecule has 0 rings (SSSR count). The van der Waals surface area contributed by atoms with Crippen LogP contribution in [0.4, 0.5) is 0 Å². The van der Waals surface area contributed by atoms with Crippen LogP contribution in [0.3, 0.4) is 0 Å². The number of rotatable bonds is 2. The Morgan fingerprint density at radius 3 is 2.14 bits per heavy atom. The van der Waals surface area contributed by atoms with E-state index in [1.54, 1.807) is 0 Å². The number of hydrogen-bond donors (Lipinski definition) is 0. The van der Waals surface area contributed by atoms with Gasteiger partial charge in [0, 0.05) is 0 Å². The van der Waals surface area contributed by atoms with E-state index in [2.05, 4.69) is 22.6 Å². The van der Waals surface area contributed by atoms with Crippen molar-refractivity contribution >= 4 is 29.0 Å². The first-order chi connectivity index (χ1) is 3.12. The molecule has 3 heteroatoms. The Labute approximate surface area is 57.2 Å². The smallest absolute Gasteiger partial charge is 0.260 e. The molecule has 0 unspecified atom stereocenters. The predicted molar refractivity (Wildman–Crippen MR) is 37.1 cm³/mol. The molecule has 0 aromatic rings. The fourth-order valence-corrected chi connectivity index (χ4v) is 0.189.